The predicted molar refractivity (Wildman–Crippen MR) is 55.5 cm³/mol. The number of hydroxylamine groups is 1. The van der Waals surface area contributed by atoms with Crippen LogP contribution in [0.3, 0.4) is 0 Å². The highest BCUT2D eigenvalue weighted by molar-refractivity contribution is 5.81. The molecule has 4 heteroatoms. The molecule has 0 aromatic heterocycles. The van der Waals surface area contributed by atoms with E-state index in [0.717, 1.165) is 11.1 Å². The quantitative estimate of drug-likeness (QED) is 0.584. The van der Waals surface area contributed by atoms with Gasteiger partial charge in [0.15, 0.2) is 6.10 Å². The number of carbonyl (C=O) groups is 1. The number of hydrogen-bond donors (Lipinski definition) is 2. The predicted octanol–water partition coefficient (Wildman–Crippen LogP) is 1.58. The first-order chi connectivity index (χ1) is 7.19. The average molecular weight is 209 g/mol. The highest BCUT2D eigenvalue weighted by atomic mass is 16.5. The molecule has 82 valence electrons. The zero-order valence-electron chi connectivity index (χ0n) is 8.86. The molecule has 0 saturated heterocycles. The van der Waals surface area contributed by atoms with E-state index in [9.17, 15) is 4.79 Å². The van der Waals surface area contributed by atoms with Crippen molar-refractivity contribution in [2.24, 2.45) is 0 Å². The van der Waals surface area contributed by atoms with Crippen molar-refractivity contribution in [1.82, 2.24) is 5.48 Å². The van der Waals surface area contributed by atoms with Gasteiger partial charge in [0, 0.05) is 6.61 Å². The molecule has 0 aliphatic carbocycles. The summed E-state index contributed by atoms with van der Waals surface area (Å²) in [5.74, 6) is -0.555. The van der Waals surface area contributed by atoms with Gasteiger partial charge in [-0.25, -0.2) is 5.48 Å². The van der Waals surface area contributed by atoms with Gasteiger partial charge in [-0.2, -0.15) is 0 Å². The fourth-order valence-electron chi connectivity index (χ4n) is 1.29. The average Bonchev–Trinajstić information content (AvgIpc) is 2.26. The zero-order valence-corrected chi connectivity index (χ0v) is 8.86. The van der Waals surface area contributed by atoms with Crippen molar-refractivity contribution in [3.63, 3.8) is 0 Å². The van der Waals surface area contributed by atoms with Gasteiger partial charge in [0.2, 0.25) is 0 Å². The first-order valence-electron chi connectivity index (χ1n) is 4.81. The molecule has 0 aliphatic rings. The van der Waals surface area contributed by atoms with Crippen molar-refractivity contribution >= 4 is 5.91 Å². The summed E-state index contributed by atoms with van der Waals surface area (Å²) in [5.41, 5.74) is 3.44. The normalized spacial score (nSPS) is 12.2. The minimum Gasteiger partial charge on any atom is -0.364 e. The number of ether oxygens (including phenoxy) is 1. The smallest absolute Gasteiger partial charge is 0.277 e. The number of rotatable bonds is 4. The SMILES string of the molecule is CCOC(C(=O)NO)c1ccc(C)cc1. The van der Waals surface area contributed by atoms with Crippen LogP contribution in [0.5, 0.6) is 0 Å². The van der Waals surface area contributed by atoms with Gasteiger partial charge in [-0.15, -0.1) is 0 Å². The molecule has 1 unspecified atom stereocenters. The van der Waals surface area contributed by atoms with Crippen molar-refractivity contribution in [3.05, 3.63) is 35.4 Å². The van der Waals surface area contributed by atoms with Crippen LogP contribution < -0.4 is 5.48 Å². The minimum atomic E-state index is -0.749. The van der Waals surface area contributed by atoms with Crippen LogP contribution in [-0.2, 0) is 9.53 Å². The first-order valence-corrected chi connectivity index (χ1v) is 4.81. The second-order valence-corrected chi connectivity index (χ2v) is 3.22. The Morgan fingerprint density at radius 1 is 1.47 bits per heavy atom. The van der Waals surface area contributed by atoms with Crippen LogP contribution in [0.2, 0.25) is 0 Å². The second-order valence-electron chi connectivity index (χ2n) is 3.22. The van der Waals surface area contributed by atoms with Gasteiger partial charge in [-0.3, -0.25) is 10.0 Å². The largest absolute Gasteiger partial charge is 0.364 e. The van der Waals surface area contributed by atoms with Crippen molar-refractivity contribution in [2.75, 3.05) is 6.61 Å². The summed E-state index contributed by atoms with van der Waals surface area (Å²) in [6.07, 6.45) is -0.749. The number of aryl methyl sites for hydroxylation is 1. The van der Waals surface area contributed by atoms with E-state index in [1.165, 1.54) is 0 Å². The highest BCUT2D eigenvalue weighted by Crippen LogP contribution is 2.17. The number of hydrogen-bond acceptors (Lipinski definition) is 3. The molecular weight excluding hydrogens is 194 g/mol. The Bertz CT molecular complexity index is 321. The van der Waals surface area contributed by atoms with E-state index < -0.39 is 12.0 Å². The van der Waals surface area contributed by atoms with Gasteiger partial charge in [0.25, 0.3) is 5.91 Å². The van der Waals surface area contributed by atoms with E-state index in [4.69, 9.17) is 9.94 Å². The fourth-order valence-corrected chi connectivity index (χ4v) is 1.29. The fraction of sp³-hybridized carbons (Fsp3) is 0.364. The van der Waals surface area contributed by atoms with Crippen molar-refractivity contribution < 1.29 is 14.7 Å². The Hall–Kier alpha value is -1.39. The zero-order chi connectivity index (χ0) is 11.3. The molecular formula is C11H15NO3. The lowest BCUT2D eigenvalue weighted by Gasteiger charge is -2.15. The van der Waals surface area contributed by atoms with Gasteiger partial charge in [-0.1, -0.05) is 29.8 Å². The van der Waals surface area contributed by atoms with E-state index in [1.54, 1.807) is 12.4 Å². The molecule has 0 heterocycles. The molecule has 0 saturated carbocycles. The van der Waals surface area contributed by atoms with Gasteiger partial charge in [0.05, 0.1) is 0 Å². The molecule has 4 nitrogen and oxygen atoms in total. The third-order valence-electron chi connectivity index (χ3n) is 2.06. The Labute approximate surface area is 88.8 Å². The third-order valence-corrected chi connectivity index (χ3v) is 2.06. The molecule has 0 spiro atoms. The van der Waals surface area contributed by atoms with Crippen LogP contribution in [0, 0.1) is 6.92 Å². The summed E-state index contributed by atoms with van der Waals surface area (Å²) >= 11 is 0. The standard InChI is InChI=1S/C11H15NO3/c1-3-15-10(11(13)12-14)9-6-4-8(2)5-7-9/h4-7,10,14H,3H2,1-2H3,(H,12,13). The van der Waals surface area contributed by atoms with Crippen LogP contribution >= 0.6 is 0 Å². The van der Waals surface area contributed by atoms with E-state index in [1.807, 2.05) is 31.2 Å². The molecule has 15 heavy (non-hydrogen) atoms. The molecule has 1 amide bonds. The van der Waals surface area contributed by atoms with Crippen LogP contribution in [-0.4, -0.2) is 17.7 Å². The van der Waals surface area contributed by atoms with Gasteiger partial charge < -0.3 is 4.74 Å². The van der Waals surface area contributed by atoms with Crippen LogP contribution in [0.1, 0.15) is 24.2 Å². The van der Waals surface area contributed by atoms with Gasteiger partial charge in [0.1, 0.15) is 0 Å². The Kier molecular flexibility index (Phi) is 4.27. The van der Waals surface area contributed by atoms with Crippen molar-refractivity contribution in [2.45, 2.75) is 20.0 Å². The molecule has 1 aromatic rings. The molecule has 1 rings (SSSR count). The van der Waals surface area contributed by atoms with Crippen LogP contribution in [0.15, 0.2) is 24.3 Å². The monoisotopic (exact) mass is 209 g/mol. The topological polar surface area (TPSA) is 58.6 Å². The summed E-state index contributed by atoms with van der Waals surface area (Å²) in [6, 6.07) is 7.41. The summed E-state index contributed by atoms with van der Waals surface area (Å²) in [7, 11) is 0. The molecule has 0 fully saturated rings. The van der Waals surface area contributed by atoms with Crippen molar-refractivity contribution in [1.29, 1.82) is 0 Å². The maximum Gasteiger partial charge on any atom is 0.277 e. The summed E-state index contributed by atoms with van der Waals surface area (Å²) < 4.78 is 5.25. The number of carbonyl (C=O) groups excluding carboxylic acids is 1. The van der Waals surface area contributed by atoms with E-state index in [2.05, 4.69) is 0 Å². The van der Waals surface area contributed by atoms with E-state index >= 15 is 0 Å². The molecule has 0 aliphatic heterocycles. The van der Waals surface area contributed by atoms with Crippen LogP contribution in [0.4, 0.5) is 0 Å². The molecule has 0 bridgehead atoms. The number of amides is 1. The lowest BCUT2D eigenvalue weighted by Crippen LogP contribution is -2.28. The molecule has 1 atom stereocenters. The lowest BCUT2D eigenvalue weighted by atomic mass is 10.1. The number of nitrogens with one attached hydrogen (secondary N) is 1. The van der Waals surface area contributed by atoms with Crippen molar-refractivity contribution in [3.8, 4) is 0 Å². The number of benzene rings is 1. The first kappa shape index (κ1) is 11.7. The Morgan fingerprint density at radius 3 is 2.53 bits per heavy atom. The van der Waals surface area contributed by atoms with Gasteiger partial charge >= 0.3 is 0 Å². The van der Waals surface area contributed by atoms with E-state index in [0.29, 0.717) is 6.61 Å². The molecule has 0 radical (unpaired) electrons. The highest BCUT2D eigenvalue weighted by Gasteiger charge is 2.19. The second kappa shape index (κ2) is 5.48. The minimum absolute atomic E-state index is 0.409. The van der Waals surface area contributed by atoms with Crippen LogP contribution in [0.25, 0.3) is 0 Å². The molecule has 1 aromatic carbocycles. The Balaban J connectivity index is 2.88. The lowest BCUT2D eigenvalue weighted by molar-refractivity contribution is -0.141. The summed E-state index contributed by atoms with van der Waals surface area (Å²) in [6.45, 7) is 4.17. The summed E-state index contributed by atoms with van der Waals surface area (Å²) in [5, 5.41) is 8.57. The molecule has 2 N–H and O–H groups in total. The maximum absolute atomic E-state index is 11.3. The third kappa shape index (κ3) is 3.04. The van der Waals surface area contributed by atoms with E-state index in [-0.39, 0.29) is 0 Å². The van der Waals surface area contributed by atoms with Gasteiger partial charge in [-0.05, 0) is 19.4 Å². The Morgan fingerprint density at radius 2 is 2.07 bits per heavy atom. The summed E-state index contributed by atoms with van der Waals surface area (Å²) in [4.78, 5) is 11.3. The maximum atomic E-state index is 11.3.